The molecule has 3 aromatic rings. The molecule has 1 heterocycles. The molecule has 3 aromatic carbocycles. The van der Waals surface area contributed by atoms with Gasteiger partial charge in [-0.15, -0.1) is 0 Å². The molecule has 0 saturated carbocycles. The summed E-state index contributed by atoms with van der Waals surface area (Å²) in [5, 5.41) is 3.51. The molecule has 1 amide bonds. The first-order chi connectivity index (χ1) is 16.0. The number of anilines is 1. The molecule has 0 aromatic heterocycles. The molecule has 33 heavy (non-hydrogen) atoms. The van der Waals surface area contributed by atoms with Crippen LogP contribution in [-0.4, -0.2) is 56.0 Å². The van der Waals surface area contributed by atoms with Crippen LogP contribution in [0.25, 0.3) is 11.1 Å². The molecule has 0 aliphatic carbocycles. The Morgan fingerprint density at radius 3 is 2.61 bits per heavy atom. The number of nitrogens with zero attached hydrogens (tertiary/aromatic N) is 2. The third kappa shape index (κ3) is 6.14. The topological polar surface area (TPSA) is 44.8 Å². The van der Waals surface area contributed by atoms with E-state index in [-0.39, 0.29) is 5.91 Å². The Kier molecular flexibility index (Phi) is 7.65. The van der Waals surface area contributed by atoms with E-state index in [0.717, 1.165) is 55.3 Å². The van der Waals surface area contributed by atoms with Gasteiger partial charge in [-0.2, -0.15) is 0 Å². The standard InChI is InChI=1S/C27H30ClN3O2/c1-30-12-5-13-31(15-14-30)19-23-16-21(10-11-26(23)33-2)20-6-4-9-25(18-20)29-27(32)22-7-3-8-24(28)17-22/h3-4,6-11,16-18H,5,12-15,19H2,1-2H3,(H,29,32). The van der Waals surface area contributed by atoms with Crippen LogP contribution in [0.1, 0.15) is 22.3 Å². The number of amides is 1. The second-order valence-corrected chi connectivity index (χ2v) is 8.94. The quantitative estimate of drug-likeness (QED) is 0.531. The van der Waals surface area contributed by atoms with Crippen molar-refractivity contribution in [1.29, 1.82) is 0 Å². The van der Waals surface area contributed by atoms with Crippen molar-refractivity contribution in [3.63, 3.8) is 0 Å². The maximum atomic E-state index is 12.6. The minimum atomic E-state index is -0.184. The van der Waals surface area contributed by atoms with Gasteiger partial charge in [0.25, 0.3) is 5.91 Å². The fourth-order valence-corrected chi connectivity index (χ4v) is 4.38. The Balaban J connectivity index is 1.54. The molecule has 0 unspecified atom stereocenters. The first-order valence-electron chi connectivity index (χ1n) is 11.3. The molecule has 1 saturated heterocycles. The lowest BCUT2D eigenvalue weighted by molar-refractivity contribution is 0.102. The Morgan fingerprint density at radius 2 is 1.79 bits per heavy atom. The molecule has 1 aliphatic rings. The van der Waals surface area contributed by atoms with E-state index < -0.39 is 0 Å². The average molecular weight is 464 g/mol. The summed E-state index contributed by atoms with van der Waals surface area (Å²) in [5.74, 6) is 0.720. The maximum Gasteiger partial charge on any atom is 0.255 e. The Hall–Kier alpha value is -2.86. The number of nitrogens with one attached hydrogen (secondary N) is 1. The average Bonchev–Trinajstić information content (AvgIpc) is 3.03. The number of methoxy groups -OCH3 is 1. The van der Waals surface area contributed by atoms with Gasteiger partial charge >= 0.3 is 0 Å². The number of carbonyl (C=O) groups is 1. The first-order valence-corrected chi connectivity index (χ1v) is 11.6. The monoisotopic (exact) mass is 463 g/mol. The highest BCUT2D eigenvalue weighted by atomic mass is 35.5. The maximum absolute atomic E-state index is 12.6. The third-order valence-electron chi connectivity index (χ3n) is 6.03. The number of benzene rings is 3. The van der Waals surface area contributed by atoms with Crippen molar-refractivity contribution in [2.24, 2.45) is 0 Å². The van der Waals surface area contributed by atoms with Crippen molar-refractivity contribution in [2.75, 3.05) is 45.7 Å². The van der Waals surface area contributed by atoms with Crippen LogP contribution in [0.2, 0.25) is 5.02 Å². The molecule has 0 bridgehead atoms. The summed E-state index contributed by atoms with van der Waals surface area (Å²) in [6.45, 7) is 5.21. The number of rotatable bonds is 6. The van der Waals surface area contributed by atoms with Crippen molar-refractivity contribution in [2.45, 2.75) is 13.0 Å². The Labute approximate surface area is 200 Å². The van der Waals surface area contributed by atoms with Gasteiger partial charge in [-0.25, -0.2) is 0 Å². The molecule has 0 spiro atoms. The minimum absolute atomic E-state index is 0.184. The molecule has 6 heteroatoms. The highest BCUT2D eigenvalue weighted by Crippen LogP contribution is 2.29. The summed E-state index contributed by atoms with van der Waals surface area (Å²) in [4.78, 5) is 17.5. The molecule has 172 valence electrons. The molecular weight excluding hydrogens is 434 g/mol. The van der Waals surface area contributed by atoms with E-state index in [2.05, 4.69) is 40.4 Å². The second-order valence-electron chi connectivity index (χ2n) is 8.50. The summed E-state index contributed by atoms with van der Waals surface area (Å²) in [6, 6.07) is 21.1. The zero-order valence-corrected chi connectivity index (χ0v) is 19.9. The van der Waals surface area contributed by atoms with E-state index >= 15 is 0 Å². The number of ether oxygens (including phenoxy) is 1. The van der Waals surface area contributed by atoms with Gasteiger partial charge in [0.15, 0.2) is 0 Å². The number of hydrogen-bond donors (Lipinski definition) is 1. The van der Waals surface area contributed by atoms with Crippen LogP contribution in [0, 0.1) is 0 Å². The predicted octanol–water partition coefficient (Wildman–Crippen LogP) is 5.41. The minimum Gasteiger partial charge on any atom is -0.496 e. The lowest BCUT2D eigenvalue weighted by atomic mass is 10.0. The lowest BCUT2D eigenvalue weighted by Crippen LogP contribution is -2.28. The molecule has 0 radical (unpaired) electrons. The largest absolute Gasteiger partial charge is 0.496 e. The van der Waals surface area contributed by atoms with E-state index in [9.17, 15) is 4.79 Å². The Bertz CT molecular complexity index is 1120. The number of hydrogen-bond acceptors (Lipinski definition) is 4. The first kappa shape index (κ1) is 23.3. The van der Waals surface area contributed by atoms with E-state index in [1.165, 1.54) is 12.0 Å². The van der Waals surface area contributed by atoms with Crippen LogP contribution in [0.4, 0.5) is 5.69 Å². The van der Waals surface area contributed by atoms with Crippen molar-refractivity contribution < 1.29 is 9.53 Å². The van der Waals surface area contributed by atoms with E-state index in [1.807, 2.05) is 24.3 Å². The molecule has 4 rings (SSSR count). The number of likely N-dealkylation sites (N-methyl/N-ethyl adjacent to an activating group) is 1. The molecule has 1 fully saturated rings. The summed E-state index contributed by atoms with van der Waals surface area (Å²) < 4.78 is 5.66. The van der Waals surface area contributed by atoms with Gasteiger partial charge in [0.1, 0.15) is 5.75 Å². The van der Waals surface area contributed by atoms with Gasteiger partial charge < -0.3 is 15.0 Å². The Morgan fingerprint density at radius 1 is 0.970 bits per heavy atom. The predicted molar refractivity (Wildman–Crippen MR) is 135 cm³/mol. The lowest BCUT2D eigenvalue weighted by Gasteiger charge is -2.22. The molecule has 1 N–H and O–H groups in total. The van der Waals surface area contributed by atoms with Crippen molar-refractivity contribution in [1.82, 2.24) is 9.80 Å². The van der Waals surface area contributed by atoms with Gasteiger partial charge in [-0.05, 0) is 80.1 Å². The second kappa shape index (κ2) is 10.8. The normalized spacial score (nSPS) is 15.1. The van der Waals surface area contributed by atoms with Crippen LogP contribution >= 0.6 is 11.6 Å². The van der Waals surface area contributed by atoms with E-state index in [1.54, 1.807) is 31.4 Å². The zero-order valence-electron chi connectivity index (χ0n) is 19.2. The highest BCUT2D eigenvalue weighted by Gasteiger charge is 2.15. The summed E-state index contributed by atoms with van der Waals surface area (Å²) in [6.07, 6.45) is 1.17. The smallest absolute Gasteiger partial charge is 0.255 e. The fourth-order valence-electron chi connectivity index (χ4n) is 4.19. The summed E-state index contributed by atoms with van der Waals surface area (Å²) >= 11 is 6.03. The summed E-state index contributed by atoms with van der Waals surface area (Å²) in [7, 11) is 3.91. The van der Waals surface area contributed by atoms with Gasteiger partial charge in [-0.1, -0.05) is 35.9 Å². The van der Waals surface area contributed by atoms with Gasteiger partial charge in [0.05, 0.1) is 7.11 Å². The third-order valence-corrected chi connectivity index (χ3v) is 6.26. The molecule has 0 atom stereocenters. The molecule has 1 aliphatic heterocycles. The highest BCUT2D eigenvalue weighted by molar-refractivity contribution is 6.31. The van der Waals surface area contributed by atoms with Gasteiger partial charge in [0.2, 0.25) is 0 Å². The van der Waals surface area contributed by atoms with Gasteiger partial charge in [-0.3, -0.25) is 9.69 Å². The van der Waals surface area contributed by atoms with Crippen molar-refractivity contribution in [3.8, 4) is 16.9 Å². The van der Waals surface area contributed by atoms with Crippen molar-refractivity contribution in [3.05, 3.63) is 82.9 Å². The van der Waals surface area contributed by atoms with E-state index in [4.69, 9.17) is 16.3 Å². The van der Waals surface area contributed by atoms with Crippen LogP contribution < -0.4 is 10.1 Å². The van der Waals surface area contributed by atoms with Crippen molar-refractivity contribution >= 4 is 23.2 Å². The fraction of sp³-hybridized carbons (Fsp3) is 0.296. The summed E-state index contributed by atoms with van der Waals surface area (Å²) in [5.41, 5.74) is 4.58. The van der Waals surface area contributed by atoms with Crippen LogP contribution in [0.3, 0.4) is 0 Å². The zero-order chi connectivity index (χ0) is 23.2. The molecular formula is C27H30ClN3O2. The number of carbonyl (C=O) groups excluding carboxylic acids is 1. The van der Waals surface area contributed by atoms with Crippen LogP contribution in [-0.2, 0) is 6.54 Å². The van der Waals surface area contributed by atoms with Gasteiger partial charge in [0, 0.05) is 41.5 Å². The molecule has 5 nitrogen and oxygen atoms in total. The SMILES string of the molecule is COc1ccc(-c2cccc(NC(=O)c3cccc(Cl)c3)c2)cc1CN1CCCN(C)CC1. The number of halogens is 1. The van der Waals surface area contributed by atoms with Crippen LogP contribution in [0.15, 0.2) is 66.7 Å². The van der Waals surface area contributed by atoms with Crippen LogP contribution in [0.5, 0.6) is 5.75 Å². The van der Waals surface area contributed by atoms with E-state index in [0.29, 0.717) is 10.6 Å².